The quantitative estimate of drug-likeness (QED) is 0.128. The smallest absolute Gasteiger partial charge is 0.249 e. The van der Waals surface area contributed by atoms with Gasteiger partial charge in [0.15, 0.2) is 11.8 Å². The Kier molecular flexibility index (Phi) is 11.4. The number of aromatic nitrogens is 4. The van der Waals surface area contributed by atoms with Crippen LogP contribution < -0.4 is 22.1 Å². The van der Waals surface area contributed by atoms with Crippen LogP contribution in [0.5, 0.6) is 5.75 Å². The van der Waals surface area contributed by atoms with Gasteiger partial charge in [0.25, 0.3) is 0 Å². The third-order valence-electron chi connectivity index (χ3n) is 11.6. The Bertz CT molecular complexity index is 1610. The second-order valence-electron chi connectivity index (χ2n) is 16.1. The van der Waals surface area contributed by atoms with E-state index in [1.54, 1.807) is 24.5 Å². The zero-order chi connectivity index (χ0) is 36.3. The van der Waals surface area contributed by atoms with E-state index in [9.17, 15) is 14.7 Å². The van der Waals surface area contributed by atoms with Crippen molar-refractivity contribution in [2.45, 2.75) is 121 Å². The van der Waals surface area contributed by atoms with Crippen LogP contribution >= 0.6 is 0 Å². The molecular formula is C38H57N9O4. The molecule has 7 rings (SSSR count). The van der Waals surface area contributed by atoms with E-state index in [0.717, 1.165) is 78.9 Å². The molecule has 13 heteroatoms. The highest BCUT2D eigenvalue weighted by molar-refractivity contribution is 5.90. The van der Waals surface area contributed by atoms with Crippen molar-refractivity contribution in [3.05, 3.63) is 52.9 Å². The molecule has 4 aliphatic carbocycles. The van der Waals surface area contributed by atoms with Gasteiger partial charge in [0.05, 0.1) is 6.04 Å². The minimum absolute atomic E-state index is 0.0276. The summed E-state index contributed by atoms with van der Waals surface area (Å²) in [5.74, 6) is 3.26. The summed E-state index contributed by atoms with van der Waals surface area (Å²) in [7, 11) is 4.10. The standard InChI is InChI=1S/C38H57N9O4/c1-23-14-28(48)15-24(2)29(23)19-32(43-33(49)30(39)8-7-12-47-13-10-41-37(47)40)34(50)42-31(9-5-6-11-46(3)4)35-44-36(45-51-35)38-20-25-16-26(21-38)18-27(17-25)22-38/h10,13-15,25-27,30-32,48H,5-9,11-12,16-22,39H2,1-4H3,(H2,40,41)(H,42,50)(H,43,49). The number of benzene rings is 1. The van der Waals surface area contributed by atoms with E-state index in [2.05, 4.69) is 25.7 Å². The van der Waals surface area contributed by atoms with Crippen molar-refractivity contribution in [3.63, 3.8) is 0 Å². The Hall–Kier alpha value is -3.97. The van der Waals surface area contributed by atoms with Crippen LogP contribution in [0.25, 0.3) is 0 Å². The van der Waals surface area contributed by atoms with Gasteiger partial charge in [0.1, 0.15) is 17.8 Å². The Morgan fingerprint density at radius 1 is 1.02 bits per heavy atom. The summed E-state index contributed by atoms with van der Waals surface area (Å²) < 4.78 is 7.82. The zero-order valence-electron chi connectivity index (χ0n) is 30.7. The summed E-state index contributed by atoms with van der Waals surface area (Å²) in [6, 6.07) is 1.08. The number of anilines is 1. The van der Waals surface area contributed by atoms with Gasteiger partial charge in [-0.3, -0.25) is 9.59 Å². The number of nitrogens with one attached hydrogen (secondary N) is 2. The number of carbonyl (C=O) groups is 2. The molecule has 3 aromatic rings. The van der Waals surface area contributed by atoms with Crippen LogP contribution in [0, 0.1) is 31.6 Å². The number of hydrogen-bond acceptors (Lipinski definition) is 10. The summed E-state index contributed by atoms with van der Waals surface area (Å²) in [5.41, 5.74) is 14.8. The van der Waals surface area contributed by atoms with Crippen molar-refractivity contribution in [1.82, 2.24) is 35.2 Å². The van der Waals surface area contributed by atoms with Crippen LogP contribution in [0.15, 0.2) is 29.0 Å². The van der Waals surface area contributed by atoms with Crippen LogP contribution in [0.2, 0.25) is 0 Å². The molecule has 4 bridgehead atoms. The summed E-state index contributed by atoms with van der Waals surface area (Å²) >= 11 is 0. The first-order chi connectivity index (χ1) is 24.4. The first-order valence-corrected chi connectivity index (χ1v) is 18.8. The first-order valence-electron chi connectivity index (χ1n) is 18.8. The van der Waals surface area contributed by atoms with Crippen molar-refractivity contribution in [2.24, 2.45) is 23.5 Å². The molecule has 2 aromatic heterocycles. The highest BCUT2D eigenvalue weighted by Crippen LogP contribution is 2.60. The SMILES string of the molecule is Cc1cc(O)cc(C)c1CC(NC(=O)C(N)CCCn1ccnc1N)C(=O)NC(CCCCN(C)C)c1nc(C23CC4CC(CC(C4)C2)C3)no1. The number of nitrogen functional groups attached to an aromatic ring is 1. The fourth-order valence-electron chi connectivity index (χ4n) is 9.41. The van der Waals surface area contributed by atoms with E-state index >= 15 is 0 Å². The van der Waals surface area contributed by atoms with Crippen molar-refractivity contribution >= 4 is 17.8 Å². The molecule has 0 radical (unpaired) electrons. The number of nitrogens with zero attached hydrogens (tertiary/aromatic N) is 5. The van der Waals surface area contributed by atoms with E-state index in [1.807, 2.05) is 32.5 Å². The molecule has 2 amide bonds. The average molecular weight is 704 g/mol. The Morgan fingerprint density at radius 2 is 1.69 bits per heavy atom. The number of imidazole rings is 1. The topological polar surface area (TPSA) is 190 Å². The highest BCUT2D eigenvalue weighted by Gasteiger charge is 2.54. The molecule has 0 spiro atoms. The number of carbonyl (C=O) groups excluding carboxylic acids is 2. The number of rotatable bonds is 17. The first kappa shape index (κ1) is 36.8. The van der Waals surface area contributed by atoms with Gasteiger partial charge in [0, 0.05) is 30.8 Å². The second kappa shape index (κ2) is 15.7. The van der Waals surface area contributed by atoms with Gasteiger partial charge in [-0.15, -0.1) is 0 Å². The maximum Gasteiger partial charge on any atom is 0.249 e. The van der Waals surface area contributed by atoms with E-state index in [-0.39, 0.29) is 23.5 Å². The third kappa shape index (κ3) is 8.74. The number of hydrogen-bond donors (Lipinski definition) is 5. The highest BCUT2D eigenvalue weighted by atomic mass is 16.5. The Balaban J connectivity index is 1.20. The molecule has 4 fully saturated rings. The number of aryl methyl sites for hydroxylation is 3. The van der Waals surface area contributed by atoms with E-state index in [0.29, 0.717) is 37.6 Å². The van der Waals surface area contributed by atoms with Crippen LogP contribution in [0.4, 0.5) is 5.95 Å². The van der Waals surface area contributed by atoms with Crippen LogP contribution in [0.1, 0.15) is 105 Å². The van der Waals surface area contributed by atoms with Gasteiger partial charge in [-0.2, -0.15) is 4.98 Å². The molecule has 3 atom stereocenters. The molecule has 7 N–H and O–H groups in total. The minimum Gasteiger partial charge on any atom is -0.508 e. The molecular weight excluding hydrogens is 646 g/mol. The van der Waals surface area contributed by atoms with E-state index in [1.165, 1.54) is 19.3 Å². The molecule has 2 heterocycles. The van der Waals surface area contributed by atoms with Gasteiger partial charge < -0.3 is 41.2 Å². The minimum atomic E-state index is -0.926. The van der Waals surface area contributed by atoms with Crippen molar-refractivity contribution in [2.75, 3.05) is 26.4 Å². The van der Waals surface area contributed by atoms with Gasteiger partial charge in [-0.25, -0.2) is 4.98 Å². The van der Waals surface area contributed by atoms with Crippen LogP contribution in [-0.2, 0) is 28.0 Å². The van der Waals surface area contributed by atoms with Gasteiger partial charge in [0.2, 0.25) is 17.7 Å². The largest absolute Gasteiger partial charge is 0.508 e. The fourth-order valence-corrected chi connectivity index (χ4v) is 9.41. The molecule has 13 nitrogen and oxygen atoms in total. The normalized spacial score (nSPS) is 24.1. The third-order valence-corrected chi connectivity index (χ3v) is 11.6. The number of phenolic OH excluding ortho intramolecular Hbond substituents is 1. The van der Waals surface area contributed by atoms with Crippen LogP contribution in [-0.4, -0.2) is 74.2 Å². The van der Waals surface area contributed by atoms with E-state index < -0.39 is 24.0 Å². The maximum absolute atomic E-state index is 14.3. The number of phenols is 1. The van der Waals surface area contributed by atoms with Crippen molar-refractivity contribution in [1.29, 1.82) is 0 Å². The molecule has 4 aliphatic rings. The van der Waals surface area contributed by atoms with Gasteiger partial charge >= 0.3 is 0 Å². The fraction of sp³-hybridized carbons (Fsp3) is 0.658. The van der Waals surface area contributed by atoms with Gasteiger partial charge in [-0.05, 0) is 152 Å². The predicted molar refractivity (Wildman–Crippen MR) is 195 cm³/mol. The molecule has 0 aliphatic heterocycles. The lowest BCUT2D eigenvalue weighted by Crippen LogP contribution is -2.53. The Labute approximate surface area is 301 Å². The summed E-state index contributed by atoms with van der Waals surface area (Å²) in [4.78, 5) is 39.1. The molecule has 0 saturated heterocycles. The zero-order valence-corrected chi connectivity index (χ0v) is 30.7. The summed E-state index contributed by atoms with van der Waals surface area (Å²) in [5, 5.41) is 21.0. The maximum atomic E-state index is 14.3. The molecule has 1 aromatic carbocycles. The van der Waals surface area contributed by atoms with E-state index in [4.69, 9.17) is 21.0 Å². The predicted octanol–water partition coefficient (Wildman–Crippen LogP) is 4.06. The number of nitrogens with two attached hydrogens (primary N) is 2. The lowest BCUT2D eigenvalue weighted by atomic mass is 9.49. The monoisotopic (exact) mass is 703 g/mol. The number of amides is 2. The average Bonchev–Trinajstić information content (AvgIpc) is 3.72. The van der Waals surface area contributed by atoms with Crippen LogP contribution in [0.3, 0.4) is 0 Å². The Morgan fingerprint density at radius 3 is 2.29 bits per heavy atom. The molecule has 4 saturated carbocycles. The summed E-state index contributed by atoms with van der Waals surface area (Å²) in [6.45, 7) is 5.29. The second-order valence-corrected chi connectivity index (χ2v) is 16.1. The number of unbranched alkanes of at least 4 members (excludes halogenated alkanes) is 1. The van der Waals surface area contributed by atoms with Gasteiger partial charge in [-0.1, -0.05) is 5.16 Å². The molecule has 51 heavy (non-hydrogen) atoms. The van der Waals surface area contributed by atoms with Crippen molar-refractivity contribution < 1.29 is 19.2 Å². The lowest BCUT2D eigenvalue weighted by Gasteiger charge is -2.55. The molecule has 3 unspecified atom stereocenters. The lowest BCUT2D eigenvalue weighted by molar-refractivity contribution is -0.130. The summed E-state index contributed by atoms with van der Waals surface area (Å²) in [6.07, 6.45) is 14.4. The number of aromatic hydroxyl groups is 1. The molecule has 278 valence electrons. The van der Waals surface area contributed by atoms with Crippen molar-refractivity contribution in [3.8, 4) is 5.75 Å².